The first-order chi connectivity index (χ1) is 13.6. The fraction of sp³-hybridized carbons (Fsp3) is 0.143. The normalized spacial score (nSPS) is 16.0. The summed E-state index contributed by atoms with van der Waals surface area (Å²) in [6, 6.07) is 11.7. The van der Waals surface area contributed by atoms with Crippen molar-refractivity contribution in [3.8, 4) is 0 Å². The quantitative estimate of drug-likeness (QED) is 0.518. The van der Waals surface area contributed by atoms with Crippen molar-refractivity contribution in [2.75, 3.05) is 4.90 Å². The number of para-hydroxylation sites is 1. The standard InChI is InChI=1S/C21H15N3O3S/c1-11-12(2)28-21(23-11)24-17(14-8-5-6-10-22-14)16-18(25)13-7-3-4-9-15(13)27-19(16)20(24)26/h3-10,17H,1-2H3. The zero-order chi connectivity index (χ0) is 19.4. The van der Waals surface area contributed by atoms with E-state index in [1.807, 2.05) is 26.0 Å². The van der Waals surface area contributed by atoms with Crippen LogP contribution in [0, 0.1) is 13.8 Å². The van der Waals surface area contributed by atoms with Gasteiger partial charge in [-0.05, 0) is 38.1 Å². The number of benzene rings is 1. The van der Waals surface area contributed by atoms with Crippen molar-refractivity contribution in [2.24, 2.45) is 0 Å². The first-order valence-electron chi connectivity index (χ1n) is 8.80. The summed E-state index contributed by atoms with van der Waals surface area (Å²) in [5, 5.41) is 0.980. The van der Waals surface area contributed by atoms with Gasteiger partial charge < -0.3 is 4.42 Å². The van der Waals surface area contributed by atoms with Crippen LogP contribution in [0.4, 0.5) is 5.13 Å². The van der Waals surface area contributed by atoms with Gasteiger partial charge >= 0.3 is 0 Å². The molecule has 0 bridgehead atoms. The van der Waals surface area contributed by atoms with Crippen molar-refractivity contribution in [3.63, 3.8) is 0 Å². The largest absolute Gasteiger partial charge is 0.450 e. The third kappa shape index (κ3) is 2.33. The topological polar surface area (TPSA) is 76.3 Å². The van der Waals surface area contributed by atoms with Crippen molar-refractivity contribution in [3.05, 3.63) is 86.5 Å². The van der Waals surface area contributed by atoms with Crippen LogP contribution >= 0.6 is 11.3 Å². The summed E-state index contributed by atoms with van der Waals surface area (Å²) < 4.78 is 5.90. The zero-order valence-corrected chi connectivity index (χ0v) is 16.0. The second kappa shape index (κ2) is 6.10. The van der Waals surface area contributed by atoms with Gasteiger partial charge in [0.1, 0.15) is 11.6 Å². The SMILES string of the molecule is Cc1nc(N2C(=O)c3oc4ccccc4c(=O)c3C2c2ccccn2)sc1C. The summed E-state index contributed by atoms with van der Waals surface area (Å²) in [5.41, 5.74) is 1.95. The monoisotopic (exact) mass is 389 g/mol. The first kappa shape index (κ1) is 16.8. The Morgan fingerprint density at radius 1 is 1.07 bits per heavy atom. The van der Waals surface area contributed by atoms with Gasteiger partial charge in [0.15, 0.2) is 10.6 Å². The molecular formula is C21H15N3O3S. The molecule has 28 heavy (non-hydrogen) atoms. The minimum absolute atomic E-state index is 0.0601. The highest BCUT2D eigenvalue weighted by Crippen LogP contribution is 2.42. The van der Waals surface area contributed by atoms with Gasteiger partial charge in [-0.15, -0.1) is 11.3 Å². The van der Waals surface area contributed by atoms with Crippen molar-refractivity contribution >= 4 is 33.3 Å². The molecule has 0 spiro atoms. The predicted molar refractivity (Wildman–Crippen MR) is 107 cm³/mol. The highest BCUT2D eigenvalue weighted by Gasteiger charge is 2.45. The Morgan fingerprint density at radius 3 is 2.57 bits per heavy atom. The molecule has 1 aromatic carbocycles. The molecule has 0 radical (unpaired) electrons. The Morgan fingerprint density at radius 2 is 1.86 bits per heavy atom. The molecule has 0 aliphatic carbocycles. The van der Waals surface area contributed by atoms with Crippen molar-refractivity contribution < 1.29 is 9.21 Å². The zero-order valence-electron chi connectivity index (χ0n) is 15.2. The van der Waals surface area contributed by atoms with Crippen LogP contribution in [0.1, 0.15) is 38.4 Å². The molecule has 0 saturated heterocycles. The van der Waals surface area contributed by atoms with Crippen LogP contribution in [0.25, 0.3) is 11.0 Å². The number of fused-ring (bicyclic) bond motifs is 2. The molecule has 1 aliphatic rings. The highest BCUT2D eigenvalue weighted by atomic mass is 32.1. The Bertz CT molecular complexity index is 1270. The average Bonchev–Trinajstić information content (AvgIpc) is 3.19. The maximum atomic E-state index is 13.3. The minimum atomic E-state index is -0.672. The summed E-state index contributed by atoms with van der Waals surface area (Å²) in [6.45, 7) is 3.86. The number of carbonyl (C=O) groups is 1. The molecule has 0 fully saturated rings. The van der Waals surface area contributed by atoms with E-state index in [0.29, 0.717) is 27.4 Å². The van der Waals surface area contributed by atoms with E-state index in [0.717, 1.165) is 10.6 Å². The number of aromatic nitrogens is 2. The summed E-state index contributed by atoms with van der Waals surface area (Å²) in [6.07, 6.45) is 1.65. The molecule has 7 heteroatoms. The molecule has 1 atom stereocenters. The molecule has 4 aromatic rings. The summed E-state index contributed by atoms with van der Waals surface area (Å²) in [4.78, 5) is 38.2. The summed E-state index contributed by atoms with van der Waals surface area (Å²) >= 11 is 1.42. The van der Waals surface area contributed by atoms with E-state index in [9.17, 15) is 9.59 Å². The van der Waals surface area contributed by atoms with Gasteiger partial charge in [0, 0.05) is 11.1 Å². The number of thiazole rings is 1. The molecule has 1 amide bonds. The van der Waals surface area contributed by atoms with Crippen LogP contribution in [-0.4, -0.2) is 15.9 Å². The molecule has 0 N–H and O–H groups in total. The Labute approximate surface area is 164 Å². The van der Waals surface area contributed by atoms with E-state index < -0.39 is 6.04 Å². The fourth-order valence-corrected chi connectivity index (χ4v) is 4.43. The molecular weight excluding hydrogens is 374 g/mol. The number of anilines is 1. The van der Waals surface area contributed by atoms with E-state index in [2.05, 4.69) is 9.97 Å². The number of pyridine rings is 1. The molecule has 138 valence electrons. The molecule has 5 rings (SSSR count). The van der Waals surface area contributed by atoms with Crippen molar-refractivity contribution in [2.45, 2.75) is 19.9 Å². The molecule has 1 aliphatic heterocycles. The third-order valence-corrected chi connectivity index (χ3v) is 6.04. The van der Waals surface area contributed by atoms with Gasteiger partial charge in [-0.3, -0.25) is 19.5 Å². The van der Waals surface area contributed by atoms with Crippen LogP contribution < -0.4 is 10.3 Å². The minimum Gasteiger partial charge on any atom is -0.450 e. The lowest BCUT2D eigenvalue weighted by molar-refractivity contribution is 0.0970. The van der Waals surface area contributed by atoms with Crippen LogP contribution in [0.2, 0.25) is 0 Å². The first-order valence-corrected chi connectivity index (χ1v) is 9.62. The predicted octanol–water partition coefficient (Wildman–Crippen LogP) is 4.01. The van der Waals surface area contributed by atoms with Gasteiger partial charge in [-0.2, -0.15) is 0 Å². The fourth-order valence-electron chi connectivity index (χ4n) is 3.49. The second-order valence-electron chi connectivity index (χ2n) is 6.64. The van der Waals surface area contributed by atoms with Gasteiger partial charge in [-0.25, -0.2) is 4.98 Å². The molecule has 0 saturated carbocycles. The maximum absolute atomic E-state index is 13.3. The van der Waals surface area contributed by atoms with Crippen LogP contribution in [-0.2, 0) is 0 Å². The summed E-state index contributed by atoms with van der Waals surface area (Å²) in [7, 11) is 0. The summed E-state index contributed by atoms with van der Waals surface area (Å²) in [5.74, 6) is -0.313. The van der Waals surface area contributed by atoms with Crippen molar-refractivity contribution in [1.29, 1.82) is 0 Å². The van der Waals surface area contributed by atoms with Crippen LogP contribution in [0.15, 0.2) is 57.9 Å². The third-order valence-electron chi connectivity index (χ3n) is 4.97. The van der Waals surface area contributed by atoms with Crippen LogP contribution in [0.3, 0.4) is 0 Å². The Hall–Kier alpha value is -3.32. The Kier molecular flexibility index (Phi) is 3.67. The number of hydrogen-bond donors (Lipinski definition) is 0. The number of rotatable bonds is 2. The lowest BCUT2D eigenvalue weighted by Crippen LogP contribution is -2.30. The lowest BCUT2D eigenvalue weighted by atomic mass is 10.0. The maximum Gasteiger partial charge on any atom is 0.297 e. The van der Waals surface area contributed by atoms with Crippen LogP contribution in [0.5, 0.6) is 0 Å². The number of carbonyl (C=O) groups excluding carboxylic acids is 1. The van der Waals surface area contributed by atoms with Gasteiger partial charge in [0.05, 0.1) is 22.3 Å². The Balaban J connectivity index is 1.83. The average molecular weight is 389 g/mol. The molecule has 6 nitrogen and oxygen atoms in total. The van der Waals surface area contributed by atoms with E-state index in [1.165, 1.54) is 16.2 Å². The van der Waals surface area contributed by atoms with Gasteiger partial charge in [-0.1, -0.05) is 18.2 Å². The highest BCUT2D eigenvalue weighted by molar-refractivity contribution is 7.15. The molecule has 4 heterocycles. The number of nitrogens with zero attached hydrogens (tertiary/aromatic N) is 3. The lowest BCUT2D eigenvalue weighted by Gasteiger charge is -2.21. The van der Waals surface area contributed by atoms with E-state index in [4.69, 9.17) is 4.42 Å². The van der Waals surface area contributed by atoms with Gasteiger partial charge in [0.2, 0.25) is 5.76 Å². The van der Waals surface area contributed by atoms with Crippen molar-refractivity contribution in [1.82, 2.24) is 9.97 Å². The number of aryl methyl sites for hydroxylation is 2. The van der Waals surface area contributed by atoms with Gasteiger partial charge in [0.25, 0.3) is 5.91 Å². The number of amides is 1. The van der Waals surface area contributed by atoms with E-state index in [-0.39, 0.29) is 17.1 Å². The second-order valence-corrected chi connectivity index (χ2v) is 7.82. The van der Waals surface area contributed by atoms with E-state index >= 15 is 0 Å². The number of hydrogen-bond acceptors (Lipinski definition) is 6. The van der Waals surface area contributed by atoms with E-state index in [1.54, 1.807) is 36.5 Å². The molecule has 1 unspecified atom stereocenters. The molecule has 3 aromatic heterocycles. The smallest absolute Gasteiger partial charge is 0.297 e.